The SMILES string of the molecule is C=C1C(OCc2ccccc2)=C(C=O)C=CN1C. The maximum atomic E-state index is 11.0. The van der Waals surface area contributed by atoms with E-state index in [1.165, 1.54) is 0 Å². The van der Waals surface area contributed by atoms with Gasteiger partial charge in [0.2, 0.25) is 0 Å². The molecular formula is C15H15NO2. The van der Waals surface area contributed by atoms with Gasteiger partial charge in [0.25, 0.3) is 0 Å². The van der Waals surface area contributed by atoms with E-state index in [9.17, 15) is 4.79 Å². The molecule has 0 spiro atoms. The van der Waals surface area contributed by atoms with E-state index in [4.69, 9.17) is 4.74 Å². The van der Waals surface area contributed by atoms with Gasteiger partial charge in [-0.15, -0.1) is 0 Å². The lowest BCUT2D eigenvalue weighted by atomic mass is 10.1. The highest BCUT2D eigenvalue weighted by Crippen LogP contribution is 2.23. The third-order valence-corrected chi connectivity index (χ3v) is 2.78. The van der Waals surface area contributed by atoms with Crippen LogP contribution in [0.5, 0.6) is 0 Å². The molecule has 1 aliphatic rings. The Hall–Kier alpha value is -2.29. The van der Waals surface area contributed by atoms with Gasteiger partial charge in [-0.2, -0.15) is 0 Å². The van der Waals surface area contributed by atoms with Crippen LogP contribution < -0.4 is 0 Å². The van der Waals surface area contributed by atoms with Crippen molar-refractivity contribution in [1.82, 2.24) is 4.90 Å². The van der Waals surface area contributed by atoms with Crippen LogP contribution in [-0.4, -0.2) is 18.2 Å². The molecule has 0 aliphatic carbocycles. The lowest BCUT2D eigenvalue weighted by Gasteiger charge is -2.24. The lowest BCUT2D eigenvalue weighted by Crippen LogP contribution is -2.18. The Balaban J connectivity index is 2.15. The van der Waals surface area contributed by atoms with Gasteiger partial charge in [-0.25, -0.2) is 0 Å². The number of ether oxygens (including phenoxy) is 1. The minimum absolute atomic E-state index is 0.425. The minimum Gasteiger partial charge on any atom is -0.486 e. The topological polar surface area (TPSA) is 29.5 Å². The number of likely N-dealkylation sites (N-methyl/N-ethyl adjacent to an activating group) is 1. The third kappa shape index (κ3) is 2.51. The Labute approximate surface area is 107 Å². The Kier molecular flexibility index (Phi) is 3.63. The zero-order valence-corrected chi connectivity index (χ0v) is 10.3. The molecule has 1 heterocycles. The second-order valence-electron chi connectivity index (χ2n) is 4.05. The quantitative estimate of drug-likeness (QED) is 0.759. The first-order chi connectivity index (χ1) is 8.72. The molecule has 0 N–H and O–H groups in total. The normalized spacial score (nSPS) is 14.9. The van der Waals surface area contributed by atoms with Crippen molar-refractivity contribution < 1.29 is 9.53 Å². The van der Waals surface area contributed by atoms with Crippen LogP contribution in [0.15, 0.2) is 66.2 Å². The van der Waals surface area contributed by atoms with Crippen LogP contribution in [0.2, 0.25) is 0 Å². The maximum Gasteiger partial charge on any atom is 0.153 e. The molecular weight excluding hydrogens is 226 g/mol. The van der Waals surface area contributed by atoms with E-state index >= 15 is 0 Å². The molecule has 0 aromatic heterocycles. The molecule has 18 heavy (non-hydrogen) atoms. The molecule has 0 radical (unpaired) electrons. The van der Waals surface area contributed by atoms with Crippen molar-refractivity contribution in [2.75, 3.05) is 7.05 Å². The number of rotatable bonds is 4. The molecule has 0 bridgehead atoms. The predicted octanol–water partition coefficient (Wildman–Crippen LogP) is 2.63. The summed E-state index contributed by atoms with van der Waals surface area (Å²) >= 11 is 0. The monoisotopic (exact) mass is 241 g/mol. The molecule has 1 aromatic carbocycles. The molecule has 3 heteroatoms. The van der Waals surface area contributed by atoms with Crippen LogP contribution >= 0.6 is 0 Å². The lowest BCUT2D eigenvalue weighted by molar-refractivity contribution is -0.104. The molecule has 1 aromatic rings. The van der Waals surface area contributed by atoms with Crippen LogP contribution in [0.4, 0.5) is 0 Å². The van der Waals surface area contributed by atoms with Crippen molar-refractivity contribution in [3.63, 3.8) is 0 Å². The number of carbonyl (C=O) groups is 1. The van der Waals surface area contributed by atoms with E-state index in [-0.39, 0.29) is 0 Å². The van der Waals surface area contributed by atoms with E-state index in [0.717, 1.165) is 11.8 Å². The number of aldehydes is 1. The Morgan fingerprint density at radius 1 is 1.33 bits per heavy atom. The first kappa shape index (κ1) is 12.2. The van der Waals surface area contributed by atoms with E-state index in [1.807, 2.05) is 42.3 Å². The molecule has 0 saturated carbocycles. The van der Waals surface area contributed by atoms with Gasteiger partial charge in [0.05, 0.1) is 11.3 Å². The number of nitrogens with zero attached hydrogens (tertiary/aromatic N) is 1. The van der Waals surface area contributed by atoms with Crippen LogP contribution in [-0.2, 0) is 16.1 Å². The summed E-state index contributed by atoms with van der Waals surface area (Å²) in [5.74, 6) is 0.541. The highest BCUT2D eigenvalue weighted by molar-refractivity contribution is 5.80. The molecule has 0 saturated heterocycles. The summed E-state index contributed by atoms with van der Waals surface area (Å²) in [7, 11) is 1.87. The van der Waals surface area contributed by atoms with Gasteiger partial charge in [-0.1, -0.05) is 36.9 Å². The van der Waals surface area contributed by atoms with Crippen LogP contribution in [0.1, 0.15) is 5.56 Å². The van der Waals surface area contributed by atoms with Gasteiger partial charge < -0.3 is 9.64 Å². The van der Waals surface area contributed by atoms with Crippen molar-refractivity contribution >= 4 is 6.29 Å². The average molecular weight is 241 g/mol. The second-order valence-corrected chi connectivity index (χ2v) is 4.05. The average Bonchev–Trinajstić information content (AvgIpc) is 2.41. The standard InChI is InChI=1S/C15H15NO2/c1-12-15(14(10-17)8-9-16(12)2)18-11-13-6-4-3-5-7-13/h3-10H,1,11H2,2H3. The highest BCUT2D eigenvalue weighted by atomic mass is 16.5. The van der Waals surface area contributed by atoms with Crippen molar-refractivity contribution in [2.24, 2.45) is 0 Å². The summed E-state index contributed by atoms with van der Waals surface area (Å²) in [6, 6.07) is 9.82. The zero-order valence-electron chi connectivity index (χ0n) is 10.3. The van der Waals surface area contributed by atoms with Gasteiger partial charge in [0.1, 0.15) is 6.61 Å². The minimum atomic E-state index is 0.425. The number of carbonyl (C=O) groups excluding carboxylic acids is 1. The van der Waals surface area contributed by atoms with Crippen molar-refractivity contribution in [2.45, 2.75) is 6.61 Å². The molecule has 92 valence electrons. The highest BCUT2D eigenvalue weighted by Gasteiger charge is 2.16. The van der Waals surface area contributed by atoms with E-state index in [2.05, 4.69) is 6.58 Å². The second kappa shape index (κ2) is 5.36. The number of benzene rings is 1. The molecule has 2 rings (SSSR count). The van der Waals surface area contributed by atoms with E-state index < -0.39 is 0 Å². The molecule has 1 aliphatic heterocycles. The summed E-state index contributed by atoms with van der Waals surface area (Å²) in [4.78, 5) is 12.8. The van der Waals surface area contributed by atoms with Crippen molar-refractivity contribution in [1.29, 1.82) is 0 Å². The Morgan fingerprint density at radius 3 is 2.72 bits per heavy atom. The summed E-state index contributed by atoms with van der Waals surface area (Å²) in [6.45, 7) is 4.34. The number of hydrogen-bond acceptors (Lipinski definition) is 3. The van der Waals surface area contributed by atoms with Crippen LogP contribution in [0, 0.1) is 0 Å². The fourth-order valence-electron chi connectivity index (χ4n) is 1.67. The predicted molar refractivity (Wildman–Crippen MR) is 70.4 cm³/mol. The maximum absolute atomic E-state index is 11.0. The van der Waals surface area contributed by atoms with E-state index in [0.29, 0.717) is 23.6 Å². The van der Waals surface area contributed by atoms with Gasteiger partial charge >= 0.3 is 0 Å². The summed E-state index contributed by atoms with van der Waals surface area (Å²) < 4.78 is 5.71. The Bertz CT molecular complexity index is 515. The molecule has 0 unspecified atom stereocenters. The molecule has 0 amide bonds. The smallest absolute Gasteiger partial charge is 0.153 e. The van der Waals surface area contributed by atoms with E-state index in [1.54, 1.807) is 12.3 Å². The summed E-state index contributed by atoms with van der Waals surface area (Å²) in [5.41, 5.74) is 2.27. The van der Waals surface area contributed by atoms with Crippen LogP contribution in [0.25, 0.3) is 0 Å². The zero-order chi connectivity index (χ0) is 13.0. The number of hydrogen-bond donors (Lipinski definition) is 0. The summed E-state index contributed by atoms with van der Waals surface area (Å²) in [6.07, 6.45) is 4.30. The molecule has 3 nitrogen and oxygen atoms in total. The summed E-state index contributed by atoms with van der Waals surface area (Å²) in [5, 5.41) is 0. The van der Waals surface area contributed by atoms with Gasteiger partial charge in [-0.3, -0.25) is 4.79 Å². The van der Waals surface area contributed by atoms with Crippen molar-refractivity contribution in [3.05, 3.63) is 71.8 Å². The Morgan fingerprint density at radius 2 is 2.06 bits per heavy atom. The largest absolute Gasteiger partial charge is 0.486 e. The van der Waals surface area contributed by atoms with Gasteiger partial charge in [-0.05, 0) is 11.6 Å². The molecule has 0 atom stereocenters. The molecule has 0 fully saturated rings. The fraction of sp³-hybridized carbons (Fsp3) is 0.133. The first-order valence-electron chi connectivity index (χ1n) is 5.69. The first-order valence-corrected chi connectivity index (χ1v) is 5.69. The van der Waals surface area contributed by atoms with Crippen molar-refractivity contribution in [3.8, 4) is 0 Å². The van der Waals surface area contributed by atoms with Gasteiger partial charge in [0, 0.05) is 13.2 Å². The fourth-order valence-corrected chi connectivity index (χ4v) is 1.67. The number of allylic oxidation sites excluding steroid dienone is 2. The third-order valence-electron chi connectivity index (χ3n) is 2.78. The van der Waals surface area contributed by atoms with Gasteiger partial charge in [0.15, 0.2) is 12.0 Å². The van der Waals surface area contributed by atoms with Crippen LogP contribution in [0.3, 0.4) is 0 Å².